The summed E-state index contributed by atoms with van der Waals surface area (Å²) in [5.41, 5.74) is 0.611. The third kappa shape index (κ3) is 3.02. The zero-order valence-electron chi connectivity index (χ0n) is 11.0. The van der Waals surface area contributed by atoms with E-state index in [2.05, 4.69) is 0 Å². The first-order valence-corrected chi connectivity index (χ1v) is 6.36. The number of halogens is 3. The molecule has 1 N–H and O–H groups in total. The topological polar surface area (TPSA) is 20.2 Å². The van der Waals surface area contributed by atoms with Crippen LogP contribution in [0.25, 0.3) is 0 Å². The van der Waals surface area contributed by atoms with Crippen molar-refractivity contribution < 1.29 is 18.3 Å². The van der Waals surface area contributed by atoms with Crippen LogP contribution in [0.4, 0.5) is 13.2 Å². The Morgan fingerprint density at radius 3 is 2.15 bits per heavy atom. The second kappa shape index (κ2) is 5.67. The minimum Gasteiger partial charge on any atom is -0.384 e. The molecule has 0 heterocycles. The highest BCUT2D eigenvalue weighted by molar-refractivity contribution is 5.38. The molecule has 0 aliphatic heterocycles. The lowest BCUT2D eigenvalue weighted by molar-refractivity contribution is -0.139. The summed E-state index contributed by atoms with van der Waals surface area (Å²) < 4.78 is 38.8. The average Bonchev–Trinajstić information content (AvgIpc) is 2.46. The van der Waals surface area contributed by atoms with Gasteiger partial charge in [0.05, 0.1) is 5.56 Å². The fraction of sp³-hybridized carbons (Fsp3) is 0.250. The normalized spacial score (nSPS) is 13.2. The molecule has 0 aliphatic rings. The SMILES string of the molecule is CCc1ccc(C(O)c2ccccc2C(F)(F)F)cc1. The molecule has 2 aromatic carbocycles. The first kappa shape index (κ1) is 14.6. The molecule has 0 saturated heterocycles. The van der Waals surface area contributed by atoms with Gasteiger partial charge in [0.2, 0.25) is 0 Å². The highest BCUT2D eigenvalue weighted by atomic mass is 19.4. The molecule has 2 aromatic rings. The Bertz CT molecular complexity index is 573. The maximum atomic E-state index is 12.9. The van der Waals surface area contributed by atoms with Gasteiger partial charge < -0.3 is 5.11 Å². The molecule has 4 heteroatoms. The lowest BCUT2D eigenvalue weighted by Gasteiger charge is -2.18. The number of aryl methyl sites for hydroxylation is 1. The molecule has 0 amide bonds. The van der Waals surface area contributed by atoms with E-state index in [-0.39, 0.29) is 5.56 Å². The van der Waals surface area contributed by atoms with Crippen LogP contribution in [0.2, 0.25) is 0 Å². The molecule has 20 heavy (non-hydrogen) atoms. The predicted octanol–water partition coefficient (Wildman–Crippen LogP) is 4.35. The molecule has 1 nitrogen and oxygen atoms in total. The molecule has 0 aromatic heterocycles. The van der Waals surface area contributed by atoms with Gasteiger partial charge in [-0.3, -0.25) is 0 Å². The monoisotopic (exact) mass is 280 g/mol. The molecule has 0 radical (unpaired) electrons. The molecule has 106 valence electrons. The molecule has 0 saturated carbocycles. The summed E-state index contributed by atoms with van der Waals surface area (Å²) >= 11 is 0. The van der Waals surface area contributed by atoms with Gasteiger partial charge in [-0.1, -0.05) is 49.4 Å². The number of rotatable bonds is 3. The van der Waals surface area contributed by atoms with Crippen molar-refractivity contribution >= 4 is 0 Å². The van der Waals surface area contributed by atoms with Crippen LogP contribution in [0.3, 0.4) is 0 Å². The molecule has 0 bridgehead atoms. The first-order chi connectivity index (χ1) is 9.43. The van der Waals surface area contributed by atoms with E-state index in [1.807, 2.05) is 19.1 Å². The van der Waals surface area contributed by atoms with Gasteiger partial charge in [-0.15, -0.1) is 0 Å². The molecule has 1 atom stereocenters. The van der Waals surface area contributed by atoms with Crippen molar-refractivity contribution in [3.8, 4) is 0 Å². The number of aliphatic hydroxyl groups excluding tert-OH is 1. The lowest BCUT2D eigenvalue weighted by atomic mass is 9.95. The maximum Gasteiger partial charge on any atom is 0.416 e. The van der Waals surface area contributed by atoms with Crippen LogP contribution < -0.4 is 0 Å². The van der Waals surface area contributed by atoms with Crippen molar-refractivity contribution in [3.63, 3.8) is 0 Å². The largest absolute Gasteiger partial charge is 0.416 e. The Hall–Kier alpha value is -1.81. The van der Waals surface area contributed by atoms with Crippen LogP contribution in [-0.2, 0) is 12.6 Å². The molecule has 0 spiro atoms. The third-order valence-corrected chi connectivity index (χ3v) is 3.26. The zero-order chi connectivity index (χ0) is 14.8. The second-order valence-corrected chi connectivity index (χ2v) is 4.58. The van der Waals surface area contributed by atoms with Gasteiger partial charge in [0.15, 0.2) is 0 Å². The molecular formula is C16H15F3O. The van der Waals surface area contributed by atoms with Crippen LogP contribution in [0.15, 0.2) is 48.5 Å². The highest BCUT2D eigenvalue weighted by Gasteiger charge is 2.34. The van der Waals surface area contributed by atoms with Crippen molar-refractivity contribution in [2.24, 2.45) is 0 Å². The molecule has 1 unspecified atom stereocenters. The van der Waals surface area contributed by atoms with E-state index in [1.54, 1.807) is 12.1 Å². The summed E-state index contributed by atoms with van der Waals surface area (Å²) in [6.07, 6.45) is -4.91. The summed E-state index contributed by atoms with van der Waals surface area (Å²) in [4.78, 5) is 0. The Labute approximate surface area is 115 Å². The van der Waals surface area contributed by atoms with Gasteiger partial charge in [0, 0.05) is 0 Å². The Morgan fingerprint density at radius 1 is 1.00 bits per heavy atom. The molecule has 0 aliphatic carbocycles. The Morgan fingerprint density at radius 2 is 1.60 bits per heavy atom. The van der Waals surface area contributed by atoms with Gasteiger partial charge in [-0.05, 0) is 29.2 Å². The lowest BCUT2D eigenvalue weighted by Crippen LogP contribution is -2.12. The predicted molar refractivity (Wildman–Crippen MR) is 71.3 cm³/mol. The fourth-order valence-corrected chi connectivity index (χ4v) is 2.11. The third-order valence-electron chi connectivity index (χ3n) is 3.26. The Balaban J connectivity index is 2.40. The van der Waals surface area contributed by atoms with Crippen molar-refractivity contribution in [1.29, 1.82) is 0 Å². The Kier molecular flexibility index (Phi) is 4.14. The minimum atomic E-state index is -4.47. The van der Waals surface area contributed by atoms with Crippen LogP contribution >= 0.6 is 0 Å². The van der Waals surface area contributed by atoms with Crippen LogP contribution in [-0.4, -0.2) is 5.11 Å². The zero-order valence-corrected chi connectivity index (χ0v) is 11.0. The molecule has 2 rings (SSSR count). The van der Waals surface area contributed by atoms with Crippen LogP contribution in [0.1, 0.15) is 35.3 Å². The highest BCUT2D eigenvalue weighted by Crippen LogP contribution is 2.36. The number of hydrogen-bond donors (Lipinski definition) is 1. The summed E-state index contributed by atoms with van der Waals surface area (Å²) in [7, 11) is 0. The van der Waals surface area contributed by atoms with Crippen molar-refractivity contribution in [1.82, 2.24) is 0 Å². The second-order valence-electron chi connectivity index (χ2n) is 4.58. The van der Waals surface area contributed by atoms with Gasteiger partial charge in [-0.2, -0.15) is 13.2 Å². The standard InChI is InChI=1S/C16H15F3O/c1-2-11-7-9-12(10-8-11)15(20)13-5-3-4-6-14(13)16(17,18)19/h3-10,15,20H,2H2,1H3. The number of alkyl halides is 3. The average molecular weight is 280 g/mol. The summed E-state index contributed by atoms with van der Waals surface area (Å²) in [6, 6.07) is 12.1. The van der Waals surface area contributed by atoms with E-state index in [0.717, 1.165) is 18.1 Å². The van der Waals surface area contributed by atoms with Gasteiger partial charge in [-0.25, -0.2) is 0 Å². The van der Waals surface area contributed by atoms with E-state index in [4.69, 9.17) is 0 Å². The van der Waals surface area contributed by atoms with Gasteiger partial charge in [0.1, 0.15) is 6.10 Å². The van der Waals surface area contributed by atoms with Crippen molar-refractivity contribution in [3.05, 3.63) is 70.8 Å². The fourth-order valence-electron chi connectivity index (χ4n) is 2.11. The summed E-state index contributed by atoms with van der Waals surface area (Å²) in [5, 5.41) is 10.2. The van der Waals surface area contributed by atoms with E-state index < -0.39 is 17.8 Å². The number of hydrogen-bond acceptors (Lipinski definition) is 1. The van der Waals surface area contributed by atoms with Gasteiger partial charge >= 0.3 is 6.18 Å². The molecule has 0 fully saturated rings. The van der Waals surface area contributed by atoms with E-state index >= 15 is 0 Å². The molecular weight excluding hydrogens is 265 g/mol. The minimum absolute atomic E-state index is 0.121. The summed E-state index contributed by atoms with van der Waals surface area (Å²) in [5.74, 6) is 0. The van der Waals surface area contributed by atoms with E-state index in [1.165, 1.54) is 18.2 Å². The van der Waals surface area contributed by atoms with Gasteiger partial charge in [0.25, 0.3) is 0 Å². The maximum absolute atomic E-state index is 12.9. The number of benzene rings is 2. The number of aliphatic hydroxyl groups is 1. The quantitative estimate of drug-likeness (QED) is 0.886. The smallest absolute Gasteiger partial charge is 0.384 e. The van der Waals surface area contributed by atoms with E-state index in [9.17, 15) is 18.3 Å². The van der Waals surface area contributed by atoms with Crippen molar-refractivity contribution in [2.45, 2.75) is 25.6 Å². The van der Waals surface area contributed by atoms with Crippen LogP contribution in [0.5, 0.6) is 0 Å². The van der Waals surface area contributed by atoms with Crippen molar-refractivity contribution in [2.75, 3.05) is 0 Å². The van der Waals surface area contributed by atoms with E-state index in [0.29, 0.717) is 5.56 Å². The first-order valence-electron chi connectivity index (χ1n) is 6.36. The summed E-state index contributed by atoms with van der Waals surface area (Å²) in [6.45, 7) is 1.99. The van der Waals surface area contributed by atoms with Crippen LogP contribution in [0, 0.1) is 0 Å².